The number of methoxy groups -OCH3 is 2. The van der Waals surface area contributed by atoms with Crippen LogP contribution < -0.4 is 15.0 Å². The number of ether oxygens (including phenoxy) is 2. The van der Waals surface area contributed by atoms with Gasteiger partial charge in [0.05, 0.1) is 31.3 Å². The standard InChI is InChI=1S/C32H36ClN3O3.ClH/c1-38-30-16-13-23(22-31(30)39-2)7-5-18-35-19-6-8-26(17-20-35)36-32(37)28-10-4-3-9-27(28)29(34-36)21-24-11-14-25(33)15-12-24;/h3-4,9-16,22,26H,5-8,17-21H2,1-2H3;1H. The van der Waals surface area contributed by atoms with Crippen molar-refractivity contribution in [1.29, 1.82) is 0 Å². The molecular formula is C32H37Cl2N3O3. The third kappa shape index (κ3) is 6.98. The SMILES string of the molecule is COc1ccc(CCCN2CCCC(n3nc(Cc4ccc(Cl)cc4)c4ccccc4c3=O)CC2)cc1OC.Cl. The summed E-state index contributed by atoms with van der Waals surface area (Å²) >= 11 is 6.10. The van der Waals surface area contributed by atoms with E-state index in [1.807, 2.05) is 54.6 Å². The predicted octanol–water partition coefficient (Wildman–Crippen LogP) is 6.74. The maximum atomic E-state index is 13.5. The van der Waals surface area contributed by atoms with Gasteiger partial charge in [-0.3, -0.25) is 4.79 Å². The Morgan fingerprint density at radius 3 is 2.38 bits per heavy atom. The summed E-state index contributed by atoms with van der Waals surface area (Å²) in [6.45, 7) is 3.04. The molecule has 1 fully saturated rings. The molecule has 1 aliphatic heterocycles. The van der Waals surface area contributed by atoms with Gasteiger partial charge >= 0.3 is 0 Å². The Bertz CT molecular complexity index is 1470. The molecule has 3 aromatic carbocycles. The van der Waals surface area contributed by atoms with Gasteiger partial charge in [0.25, 0.3) is 5.56 Å². The van der Waals surface area contributed by atoms with E-state index in [1.165, 1.54) is 5.56 Å². The lowest BCUT2D eigenvalue weighted by Gasteiger charge is -2.21. The number of fused-ring (bicyclic) bond motifs is 1. The molecular weight excluding hydrogens is 545 g/mol. The molecule has 4 aromatic rings. The number of likely N-dealkylation sites (tertiary alicyclic amines) is 1. The zero-order valence-corrected chi connectivity index (χ0v) is 24.7. The number of hydrogen-bond donors (Lipinski definition) is 0. The number of benzene rings is 3. The Labute approximate surface area is 247 Å². The molecule has 1 aromatic heterocycles. The molecule has 1 aliphatic rings. The number of hydrogen-bond acceptors (Lipinski definition) is 5. The van der Waals surface area contributed by atoms with Crippen LogP contribution >= 0.6 is 24.0 Å². The van der Waals surface area contributed by atoms with Crippen LogP contribution in [0.1, 0.15) is 48.5 Å². The average Bonchev–Trinajstić information content (AvgIpc) is 3.21. The summed E-state index contributed by atoms with van der Waals surface area (Å²) in [6, 6.07) is 22.0. The first-order chi connectivity index (χ1) is 19.1. The fourth-order valence-electron chi connectivity index (χ4n) is 5.60. The molecule has 40 heavy (non-hydrogen) atoms. The first kappa shape index (κ1) is 29.9. The van der Waals surface area contributed by atoms with Gasteiger partial charge in [-0.05, 0) is 86.7 Å². The van der Waals surface area contributed by atoms with Crippen molar-refractivity contribution in [2.45, 2.75) is 44.6 Å². The van der Waals surface area contributed by atoms with Crippen LogP contribution in [0.5, 0.6) is 11.5 Å². The van der Waals surface area contributed by atoms with Gasteiger partial charge in [-0.2, -0.15) is 5.10 Å². The van der Waals surface area contributed by atoms with E-state index in [0.29, 0.717) is 11.4 Å². The summed E-state index contributed by atoms with van der Waals surface area (Å²) in [6.07, 6.45) is 5.64. The molecule has 2 heterocycles. The molecule has 1 saturated heterocycles. The Balaban J connectivity index is 0.00000370. The molecule has 8 heteroatoms. The summed E-state index contributed by atoms with van der Waals surface area (Å²) in [4.78, 5) is 16.1. The number of nitrogens with zero attached hydrogens (tertiary/aromatic N) is 3. The lowest BCUT2D eigenvalue weighted by Crippen LogP contribution is -2.30. The predicted molar refractivity (Wildman–Crippen MR) is 165 cm³/mol. The van der Waals surface area contributed by atoms with Gasteiger partial charge in [0.15, 0.2) is 11.5 Å². The van der Waals surface area contributed by atoms with Crippen molar-refractivity contribution in [3.63, 3.8) is 0 Å². The minimum atomic E-state index is 0. The van der Waals surface area contributed by atoms with E-state index in [-0.39, 0.29) is 24.0 Å². The van der Waals surface area contributed by atoms with Crippen molar-refractivity contribution >= 4 is 34.8 Å². The Morgan fingerprint density at radius 1 is 0.900 bits per heavy atom. The first-order valence-electron chi connectivity index (χ1n) is 13.7. The summed E-state index contributed by atoms with van der Waals surface area (Å²) in [5.74, 6) is 1.53. The van der Waals surface area contributed by atoms with Crippen molar-refractivity contribution in [2.24, 2.45) is 0 Å². The first-order valence-corrected chi connectivity index (χ1v) is 14.1. The zero-order valence-electron chi connectivity index (χ0n) is 23.1. The molecule has 1 unspecified atom stereocenters. The van der Waals surface area contributed by atoms with Crippen molar-refractivity contribution < 1.29 is 9.47 Å². The van der Waals surface area contributed by atoms with Crippen molar-refractivity contribution in [2.75, 3.05) is 33.9 Å². The normalized spacial score (nSPS) is 15.8. The highest BCUT2D eigenvalue weighted by atomic mass is 35.5. The van der Waals surface area contributed by atoms with Gasteiger partial charge in [0.2, 0.25) is 0 Å². The molecule has 1 atom stereocenters. The van der Waals surface area contributed by atoms with Gasteiger partial charge in [-0.1, -0.05) is 48.0 Å². The van der Waals surface area contributed by atoms with Gasteiger partial charge in [0, 0.05) is 23.4 Å². The van der Waals surface area contributed by atoms with Crippen molar-refractivity contribution in [1.82, 2.24) is 14.7 Å². The van der Waals surface area contributed by atoms with E-state index in [1.54, 1.807) is 18.9 Å². The summed E-state index contributed by atoms with van der Waals surface area (Å²) in [7, 11) is 3.33. The molecule has 0 aliphatic carbocycles. The smallest absolute Gasteiger partial charge is 0.274 e. The second kappa shape index (κ2) is 14.0. The quantitative estimate of drug-likeness (QED) is 0.219. The molecule has 6 nitrogen and oxygen atoms in total. The molecule has 0 radical (unpaired) electrons. The van der Waals surface area contributed by atoms with E-state index < -0.39 is 0 Å². The van der Waals surface area contributed by atoms with E-state index in [0.717, 1.165) is 85.3 Å². The van der Waals surface area contributed by atoms with Crippen LogP contribution in [-0.2, 0) is 12.8 Å². The Morgan fingerprint density at radius 2 is 1.62 bits per heavy atom. The molecule has 0 bridgehead atoms. The molecule has 0 N–H and O–H groups in total. The van der Waals surface area contributed by atoms with Gasteiger partial charge in [0.1, 0.15) is 0 Å². The summed E-state index contributed by atoms with van der Waals surface area (Å²) < 4.78 is 12.6. The summed E-state index contributed by atoms with van der Waals surface area (Å²) in [5, 5.41) is 7.36. The van der Waals surface area contributed by atoms with Crippen LogP contribution in [0.2, 0.25) is 5.02 Å². The van der Waals surface area contributed by atoms with Crippen LogP contribution in [0.3, 0.4) is 0 Å². The molecule has 0 saturated carbocycles. The average molecular weight is 583 g/mol. The fourth-order valence-corrected chi connectivity index (χ4v) is 5.72. The van der Waals surface area contributed by atoms with Crippen LogP contribution in [0.25, 0.3) is 10.8 Å². The highest BCUT2D eigenvalue weighted by Crippen LogP contribution is 2.28. The second-order valence-electron chi connectivity index (χ2n) is 10.3. The minimum absolute atomic E-state index is 0. The van der Waals surface area contributed by atoms with Crippen LogP contribution in [0.15, 0.2) is 71.5 Å². The number of aryl methyl sites for hydroxylation is 1. The monoisotopic (exact) mass is 581 g/mol. The zero-order chi connectivity index (χ0) is 27.2. The molecule has 5 rings (SSSR count). The number of aromatic nitrogens is 2. The highest BCUT2D eigenvalue weighted by molar-refractivity contribution is 6.30. The summed E-state index contributed by atoms with van der Waals surface area (Å²) in [5.41, 5.74) is 3.32. The minimum Gasteiger partial charge on any atom is -0.493 e. The highest BCUT2D eigenvalue weighted by Gasteiger charge is 2.22. The number of rotatable bonds is 9. The van der Waals surface area contributed by atoms with Crippen LogP contribution in [-0.4, -0.2) is 48.5 Å². The maximum Gasteiger partial charge on any atom is 0.274 e. The van der Waals surface area contributed by atoms with Crippen molar-refractivity contribution in [3.05, 3.63) is 98.9 Å². The van der Waals surface area contributed by atoms with E-state index >= 15 is 0 Å². The molecule has 0 amide bonds. The largest absolute Gasteiger partial charge is 0.493 e. The van der Waals surface area contributed by atoms with Gasteiger partial charge in [-0.15, -0.1) is 12.4 Å². The van der Waals surface area contributed by atoms with E-state index in [9.17, 15) is 4.79 Å². The van der Waals surface area contributed by atoms with Gasteiger partial charge < -0.3 is 14.4 Å². The van der Waals surface area contributed by atoms with Gasteiger partial charge in [-0.25, -0.2) is 4.68 Å². The van der Waals surface area contributed by atoms with Crippen LogP contribution in [0.4, 0.5) is 0 Å². The third-order valence-corrected chi connectivity index (χ3v) is 7.97. The maximum absolute atomic E-state index is 13.5. The van der Waals surface area contributed by atoms with Crippen LogP contribution in [0, 0.1) is 0 Å². The topological polar surface area (TPSA) is 56.6 Å². The second-order valence-corrected chi connectivity index (χ2v) is 10.7. The lowest BCUT2D eigenvalue weighted by atomic mass is 10.0. The third-order valence-electron chi connectivity index (χ3n) is 7.71. The fraction of sp³-hybridized carbons (Fsp3) is 0.375. The Kier molecular flexibility index (Phi) is 10.5. The lowest BCUT2D eigenvalue weighted by molar-refractivity contribution is 0.275. The van der Waals surface area contributed by atoms with E-state index in [4.69, 9.17) is 26.2 Å². The van der Waals surface area contributed by atoms with E-state index in [2.05, 4.69) is 17.0 Å². The molecule has 212 valence electrons. The number of halogens is 2. The molecule has 0 spiro atoms. The Hall–Kier alpha value is -3.06. The van der Waals surface area contributed by atoms with Crippen molar-refractivity contribution in [3.8, 4) is 11.5 Å².